The van der Waals surface area contributed by atoms with Crippen LogP contribution in [-0.4, -0.2) is 32.3 Å². The van der Waals surface area contributed by atoms with Gasteiger partial charge in [-0.1, -0.05) is 18.2 Å². The number of rotatable bonds is 4. The van der Waals surface area contributed by atoms with Crippen molar-refractivity contribution in [1.29, 1.82) is 0 Å². The summed E-state index contributed by atoms with van der Waals surface area (Å²) in [5.74, 6) is 0.0608. The first-order chi connectivity index (χ1) is 12.7. The molecule has 6 nitrogen and oxygen atoms in total. The van der Waals surface area contributed by atoms with Crippen LogP contribution in [0.4, 0.5) is 0 Å². The van der Waals surface area contributed by atoms with Gasteiger partial charge in [0.25, 0.3) is 5.56 Å². The van der Waals surface area contributed by atoms with E-state index in [1.165, 1.54) is 0 Å². The monoisotopic (exact) mass is 348 g/mol. The van der Waals surface area contributed by atoms with E-state index >= 15 is 0 Å². The molecule has 4 rings (SSSR count). The summed E-state index contributed by atoms with van der Waals surface area (Å²) in [6, 6.07) is 11.4. The number of H-pyrrole nitrogens is 1. The fourth-order valence-corrected chi connectivity index (χ4v) is 3.59. The molecule has 3 aromatic rings. The number of nitrogens with zero attached hydrogens (tertiary/aromatic N) is 3. The summed E-state index contributed by atoms with van der Waals surface area (Å²) in [7, 11) is 0. The van der Waals surface area contributed by atoms with E-state index in [2.05, 4.69) is 15.0 Å². The van der Waals surface area contributed by atoms with Gasteiger partial charge in [-0.05, 0) is 36.6 Å². The van der Waals surface area contributed by atoms with Crippen LogP contribution in [0.5, 0.6) is 0 Å². The highest BCUT2D eigenvalue weighted by molar-refractivity contribution is 5.77. The number of carbonyl (C=O) groups excluding carboxylic acids is 1. The molecule has 6 heteroatoms. The lowest BCUT2D eigenvalue weighted by Crippen LogP contribution is -2.31. The fourth-order valence-electron chi connectivity index (χ4n) is 3.59. The predicted molar refractivity (Wildman–Crippen MR) is 98.6 cm³/mol. The van der Waals surface area contributed by atoms with Gasteiger partial charge in [0.2, 0.25) is 5.91 Å². The Morgan fingerprint density at radius 3 is 2.96 bits per heavy atom. The minimum absolute atomic E-state index is 0.0608. The molecule has 1 amide bonds. The first-order valence-corrected chi connectivity index (χ1v) is 8.90. The molecule has 1 N–H and O–H groups in total. The van der Waals surface area contributed by atoms with Crippen molar-refractivity contribution in [2.45, 2.75) is 31.7 Å². The number of hydrogen-bond acceptors (Lipinski definition) is 4. The number of pyridine rings is 1. The molecular formula is C20H20N4O2. The Morgan fingerprint density at radius 2 is 2.12 bits per heavy atom. The Labute approximate surface area is 150 Å². The van der Waals surface area contributed by atoms with Gasteiger partial charge in [-0.3, -0.25) is 14.6 Å². The molecular weight excluding hydrogens is 328 g/mol. The van der Waals surface area contributed by atoms with E-state index in [-0.39, 0.29) is 23.9 Å². The molecule has 132 valence electrons. The van der Waals surface area contributed by atoms with Gasteiger partial charge in [-0.25, -0.2) is 4.98 Å². The lowest BCUT2D eigenvalue weighted by atomic mass is 10.1. The molecule has 0 unspecified atom stereocenters. The standard InChI is InChI=1S/C20H20N4O2/c25-19(24-12-4-8-18(24)14-5-3-11-21-13-14)10-9-17-20(26)23-16-7-2-1-6-15(16)22-17/h1-3,5-7,11,13,18H,4,8-10,12H2,(H,23,26)/t18-/m0/s1. The van der Waals surface area contributed by atoms with Crippen molar-refractivity contribution < 1.29 is 4.79 Å². The van der Waals surface area contributed by atoms with E-state index in [1.807, 2.05) is 47.5 Å². The lowest BCUT2D eigenvalue weighted by Gasteiger charge is -2.24. The van der Waals surface area contributed by atoms with Gasteiger partial charge in [0.05, 0.1) is 17.1 Å². The lowest BCUT2D eigenvalue weighted by molar-refractivity contribution is -0.132. The maximum absolute atomic E-state index is 12.7. The SMILES string of the molecule is O=C(CCc1nc2ccccc2[nH]c1=O)N1CCC[C@H]1c1cccnc1. The van der Waals surface area contributed by atoms with Crippen LogP contribution in [0, 0.1) is 0 Å². The highest BCUT2D eigenvalue weighted by atomic mass is 16.2. The minimum atomic E-state index is -0.221. The predicted octanol–water partition coefficient (Wildman–Crippen LogP) is 2.61. The summed E-state index contributed by atoms with van der Waals surface area (Å²) in [4.78, 5) is 38.3. The van der Waals surface area contributed by atoms with Crippen molar-refractivity contribution >= 4 is 16.9 Å². The van der Waals surface area contributed by atoms with Crippen LogP contribution in [0.25, 0.3) is 11.0 Å². The molecule has 0 radical (unpaired) electrons. The third-order valence-corrected chi connectivity index (χ3v) is 4.89. The Morgan fingerprint density at radius 1 is 1.23 bits per heavy atom. The van der Waals surface area contributed by atoms with Crippen molar-refractivity contribution in [2.24, 2.45) is 0 Å². The highest BCUT2D eigenvalue weighted by Gasteiger charge is 2.29. The number of amides is 1. The zero-order chi connectivity index (χ0) is 17.9. The molecule has 2 aromatic heterocycles. The van der Waals surface area contributed by atoms with Crippen LogP contribution in [0.1, 0.15) is 36.6 Å². The minimum Gasteiger partial charge on any atom is -0.336 e. The molecule has 1 fully saturated rings. The number of likely N-dealkylation sites (tertiary alicyclic amines) is 1. The number of fused-ring (bicyclic) bond motifs is 1. The number of hydrogen-bond donors (Lipinski definition) is 1. The topological polar surface area (TPSA) is 79.0 Å². The highest BCUT2D eigenvalue weighted by Crippen LogP contribution is 2.31. The fraction of sp³-hybridized carbons (Fsp3) is 0.300. The van der Waals surface area contributed by atoms with E-state index in [0.717, 1.165) is 30.5 Å². The van der Waals surface area contributed by atoms with E-state index in [0.29, 0.717) is 17.6 Å². The van der Waals surface area contributed by atoms with Gasteiger partial charge in [0.1, 0.15) is 5.69 Å². The normalized spacial score (nSPS) is 16.9. The van der Waals surface area contributed by atoms with Gasteiger partial charge >= 0.3 is 0 Å². The van der Waals surface area contributed by atoms with Crippen molar-refractivity contribution in [1.82, 2.24) is 19.9 Å². The van der Waals surface area contributed by atoms with Gasteiger partial charge < -0.3 is 9.88 Å². The van der Waals surface area contributed by atoms with Gasteiger partial charge in [0, 0.05) is 31.8 Å². The molecule has 1 atom stereocenters. The van der Waals surface area contributed by atoms with Gasteiger partial charge in [0.15, 0.2) is 0 Å². The number of para-hydroxylation sites is 2. The molecule has 3 heterocycles. The van der Waals surface area contributed by atoms with Crippen LogP contribution in [0.2, 0.25) is 0 Å². The molecule has 1 aliphatic heterocycles. The number of carbonyl (C=O) groups is 1. The average molecular weight is 348 g/mol. The second-order valence-corrected chi connectivity index (χ2v) is 6.56. The van der Waals surface area contributed by atoms with Crippen LogP contribution in [0.3, 0.4) is 0 Å². The number of benzene rings is 1. The van der Waals surface area contributed by atoms with E-state index in [1.54, 1.807) is 6.20 Å². The van der Waals surface area contributed by atoms with Gasteiger partial charge in [-0.15, -0.1) is 0 Å². The van der Waals surface area contributed by atoms with Crippen LogP contribution < -0.4 is 5.56 Å². The molecule has 0 aliphatic carbocycles. The molecule has 26 heavy (non-hydrogen) atoms. The Balaban J connectivity index is 1.48. The summed E-state index contributed by atoms with van der Waals surface area (Å²) >= 11 is 0. The number of aromatic nitrogens is 3. The summed E-state index contributed by atoms with van der Waals surface area (Å²) in [6.07, 6.45) is 6.13. The number of aryl methyl sites for hydroxylation is 1. The largest absolute Gasteiger partial charge is 0.336 e. The molecule has 1 aliphatic rings. The Kier molecular flexibility index (Phi) is 4.48. The number of nitrogens with one attached hydrogen (secondary N) is 1. The molecule has 1 aromatic carbocycles. The molecule has 0 bridgehead atoms. The quantitative estimate of drug-likeness (QED) is 0.786. The Hall–Kier alpha value is -3.02. The first-order valence-electron chi connectivity index (χ1n) is 8.90. The number of aromatic amines is 1. The maximum Gasteiger partial charge on any atom is 0.270 e. The second-order valence-electron chi connectivity index (χ2n) is 6.56. The van der Waals surface area contributed by atoms with E-state index in [9.17, 15) is 9.59 Å². The van der Waals surface area contributed by atoms with Crippen molar-refractivity contribution in [3.05, 3.63) is 70.4 Å². The first kappa shape index (κ1) is 16.4. The zero-order valence-corrected chi connectivity index (χ0v) is 14.4. The average Bonchev–Trinajstić information content (AvgIpc) is 3.17. The molecule has 0 saturated carbocycles. The Bertz CT molecular complexity index is 984. The second kappa shape index (κ2) is 7.07. The van der Waals surface area contributed by atoms with Crippen molar-refractivity contribution in [3.63, 3.8) is 0 Å². The molecule has 1 saturated heterocycles. The van der Waals surface area contributed by atoms with Crippen molar-refractivity contribution in [2.75, 3.05) is 6.54 Å². The summed E-state index contributed by atoms with van der Waals surface area (Å²) in [6.45, 7) is 0.750. The summed E-state index contributed by atoms with van der Waals surface area (Å²) in [5, 5.41) is 0. The van der Waals surface area contributed by atoms with Crippen LogP contribution >= 0.6 is 0 Å². The van der Waals surface area contributed by atoms with Crippen LogP contribution in [-0.2, 0) is 11.2 Å². The zero-order valence-electron chi connectivity index (χ0n) is 14.4. The maximum atomic E-state index is 12.7. The van der Waals surface area contributed by atoms with E-state index < -0.39 is 0 Å². The summed E-state index contributed by atoms with van der Waals surface area (Å²) in [5.41, 5.74) is 2.71. The van der Waals surface area contributed by atoms with Crippen molar-refractivity contribution in [3.8, 4) is 0 Å². The van der Waals surface area contributed by atoms with Crippen LogP contribution in [0.15, 0.2) is 53.6 Å². The van der Waals surface area contributed by atoms with Gasteiger partial charge in [-0.2, -0.15) is 0 Å². The third kappa shape index (κ3) is 3.22. The third-order valence-electron chi connectivity index (χ3n) is 4.89. The molecule has 0 spiro atoms. The smallest absolute Gasteiger partial charge is 0.270 e. The summed E-state index contributed by atoms with van der Waals surface area (Å²) < 4.78 is 0. The van der Waals surface area contributed by atoms with E-state index in [4.69, 9.17) is 0 Å².